The number of nitrogens with zero attached hydrogens (tertiary/aromatic N) is 1. The third-order valence-corrected chi connectivity index (χ3v) is 4.62. The van der Waals surface area contributed by atoms with Gasteiger partial charge in [0.2, 0.25) is 10.0 Å². The molecule has 128 valence electrons. The smallest absolute Gasteiger partial charge is 0.307 e. The molecule has 0 bridgehead atoms. The van der Waals surface area contributed by atoms with Crippen LogP contribution in [0.3, 0.4) is 0 Å². The normalized spacial score (nSPS) is 11.5. The first-order valence-electron chi connectivity index (χ1n) is 6.68. The number of nitro benzene ring substituents is 1. The zero-order valence-corrected chi connectivity index (χ0v) is 14.4. The highest BCUT2D eigenvalue weighted by molar-refractivity contribution is 7.89. The van der Waals surface area contributed by atoms with Crippen molar-refractivity contribution in [3.05, 3.63) is 32.8 Å². The topological polar surface area (TPSA) is 116 Å². The number of hydrogen-bond acceptors (Lipinski definition) is 6. The molecule has 0 aromatic heterocycles. The largest absolute Gasteiger partial charge is 0.463 e. The van der Waals surface area contributed by atoms with Gasteiger partial charge in [0, 0.05) is 18.2 Å². The van der Waals surface area contributed by atoms with Crippen molar-refractivity contribution >= 4 is 33.3 Å². The average Bonchev–Trinajstić information content (AvgIpc) is 2.39. The molecule has 0 aliphatic rings. The Balaban J connectivity index is 2.89. The summed E-state index contributed by atoms with van der Waals surface area (Å²) in [5.41, 5.74) is -0.215. The van der Waals surface area contributed by atoms with Crippen molar-refractivity contribution in [2.45, 2.75) is 38.2 Å². The predicted molar refractivity (Wildman–Crippen MR) is 83.9 cm³/mol. The summed E-state index contributed by atoms with van der Waals surface area (Å²) in [5, 5.41) is 10.9. The van der Waals surface area contributed by atoms with E-state index in [0.717, 1.165) is 12.1 Å². The van der Waals surface area contributed by atoms with Gasteiger partial charge in [0.25, 0.3) is 5.69 Å². The van der Waals surface area contributed by atoms with Crippen LogP contribution >= 0.6 is 11.6 Å². The number of hydrogen-bond donors (Lipinski definition) is 1. The van der Waals surface area contributed by atoms with Crippen LogP contribution in [0.5, 0.6) is 0 Å². The van der Waals surface area contributed by atoms with Crippen LogP contribution in [0.15, 0.2) is 17.0 Å². The quantitative estimate of drug-likeness (QED) is 0.450. The summed E-state index contributed by atoms with van der Waals surface area (Å²) in [4.78, 5) is 21.2. The number of nitrogens with one attached hydrogen (secondary N) is 1. The molecular weight excluding hydrogens is 348 g/mol. The van der Waals surface area contributed by atoms with Crippen molar-refractivity contribution in [1.29, 1.82) is 0 Å². The maximum atomic E-state index is 12.1. The van der Waals surface area contributed by atoms with Gasteiger partial charge in [-0.05, 0) is 26.8 Å². The van der Waals surface area contributed by atoms with E-state index >= 15 is 0 Å². The molecule has 0 heterocycles. The monoisotopic (exact) mass is 364 g/mol. The summed E-state index contributed by atoms with van der Waals surface area (Å²) in [5.74, 6) is -0.546. The Kier molecular flexibility index (Phi) is 6.48. The van der Waals surface area contributed by atoms with Crippen molar-refractivity contribution in [2.75, 3.05) is 6.54 Å². The Hall–Kier alpha value is -1.71. The second-order valence-electron chi connectivity index (χ2n) is 4.99. The summed E-state index contributed by atoms with van der Waals surface area (Å²) in [7, 11) is -4.03. The number of benzene rings is 1. The van der Waals surface area contributed by atoms with Crippen LogP contribution in [-0.2, 0) is 19.6 Å². The zero-order valence-electron chi connectivity index (χ0n) is 12.8. The van der Waals surface area contributed by atoms with Crippen molar-refractivity contribution in [3.8, 4) is 0 Å². The van der Waals surface area contributed by atoms with E-state index in [4.69, 9.17) is 16.3 Å². The molecule has 1 aromatic carbocycles. The first-order chi connectivity index (χ1) is 10.5. The molecule has 10 heteroatoms. The average molecular weight is 365 g/mol. The Labute approximate surface area is 139 Å². The highest BCUT2D eigenvalue weighted by atomic mass is 35.5. The number of halogens is 1. The molecule has 1 rings (SSSR count). The molecule has 8 nitrogen and oxygen atoms in total. The lowest BCUT2D eigenvalue weighted by atomic mass is 10.2. The maximum absolute atomic E-state index is 12.1. The van der Waals surface area contributed by atoms with Gasteiger partial charge < -0.3 is 4.74 Å². The van der Waals surface area contributed by atoms with Crippen LogP contribution in [-0.4, -0.2) is 32.0 Å². The second-order valence-corrected chi connectivity index (χ2v) is 7.17. The molecule has 1 N–H and O–H groups in total. The molecule has 0 unspecified atom stereocenters. The van der Waals surface area contributed by atoms with Crippen LogP contribution in [0.25, 0.3) is 0 Å². The SMILES string of the molecule is Cc1c(Cl)cc(S(=O)(=O)NCCC(=O)OC(C)C)cc1[N+](=O)[O-]. The minimum Gasteiger partial charge on any atom is -0.463 e. The molecule has 0 saturated carbocycles. The van der Waals surface area contributed by atoms with Gasteiger partial charge in [-0.3, -0.25) is 14.9 Å². The van der Waals surface area contributed by atoms with Gasteiger partial charge in [0.05, 0.1) is 27.4 Å². The lowest BCUT2D eigenvalue weighted by Crippen LogP contribution is -2.27. The third kappa shape index (κ3) is 5.45. The van der Waals surface area contributed by atoms with E-state index in [-0.39, 0.29) is 34.6 Å². The molecule has 1 aromatic rings. The minimum absolute atomic E-state index is 0.0289. The number of nitro groups is 1. The number of sulfonamides is 1. The number of esters is 1. The number of ether oxygens (including phenoxy) is 1. The summed E-state index contributed by atoms with van der Waals surface area (Å²) >= 11 is 5.84. The number of rotatable bonds is 7. The molecule has 0 saturated heterocycles. The maximum Gasteiger partial charge on any atom is 0.307 e. The van der Waals surface area contributed by atoms with Crippen molar-refractivity contribution in [2.24, 2.45) is 0 Å². The number of carbonyl (C=O) groups is 1. The summed E-state index contributed by atoms with van der Waals surface area (Å²) in [6.07, 6.45) is -0.448. The Morgan fingerprint density at radius 3 is 2.57 bits per heavy atom. The van der Waals surface area contributed by atoms with Gasteiger partial charge in [-0.15, -0.1) is 0 Å². The zero-order chi connectivity index (χ0) is 17.8. The first-order valence-corrected chi connectivity index (χ1v) is 8.54. The van der Waals surface area contributed by atoms with Gasteiger partial charge in [0.1, 0.15) is 0 Å². The van der Waals surface area contributed by atoms with E-state index in [1.54, 1.807) is 13.8 Å². The van der Waals surface area contributed by atoms with Gasteiger partial charge >= 0.3 is 5.97 Å². The first kappa shape index (κ1) is 19.3. The van der Waals surface area contributed by atoms with E-state index < -0.39 is 26.6 Å². The van der Waals surface area contributed by atoms with Crippen LogP contribution in [0, 0.1) is 17.0 Å². The minimum atomic E-state index is -4.03. The molecular formula is C13H17ClN2O6S. The van der Waals surface area contributed by atoms with Crippen LogP contribution in [0.2, 0.25) is 5.02 Å². The Morgan fingerprint density at radius 2 is 2.04 bits per heavy atom. The van der Waals surface area contributed by atoms with Gasteiger partial charge in [0.15, 0.2) is 0 Å². The molecule has 0 spiro atoms. The fourth-order valence-electron chi connectivity index (χ4n) is 1.68. The molecule has 0 radical (unpaired) electrons. The number of carbonyl (C=O) groups excluding carboxylic acids is 1. The van der Waals surface area contributed by atoms with Crippen molar-refractivity contribution < 1.29 is 22.9 Å². The lowest BCUT2D eigenvalue weighted by Gasteiger charge is -2.10. The Bertz CT molecular complexity index is 717. The van der Waals surface area contributed by atoms with Crippen LogP contribution in [0.4, 0.5) is 5.69 Å². The fourth-order valence-corrected chi connectivity index (χ4v) is 3.03. The third-order valence-electron chi connectivity index (χ3n) is 2.79. The summed E-state index contributed by atoms with van der Waals surface area (Å²) < 4.78 is 31.3. The van der Waals surface area contributed by atoms with Gasteiger partial charge in [-0.1, -0.05) is 11.6 Å². The van der Waals surface area contributed by atoms with E-state index in [2.05, 4.69) is 4.72 Å². The highest BCUT2D eigenvalue weighted by Crippen LogP contribution is 2.29. The standard InChI is InChI=1S/C13H17ClN2O6S/c1-8(2)22-13(17)4-5-15-23(20,21)10-6-11(14)9(3)12(7-10)16(18)19/h6-8,15H,4-5H2,1-3H3. The molecule has 0 fully saturated rings. The Morgan fingerprint density at radius 1 is 1.43 bits per heavy atom. The van der Waals surface area contributed by atoms with Crippen LogP contribution < -0.4 is 4.72 Å². The summed E-state index contributed by atoms with van der Waals surface area (Å²) in [6, 6.07) is 2.05. The van der Waals surface area contributed by atoms with E-state index in [1.807, 2.05) is 0 Å². The van der Waals surface area contributed by atoms with E-state index in [1.165, 1.54) is 6.92 Å². The van der Waals surface area contributed by atoms with Gasteiger partial charge in [-0.25, -0.2) is 13.1 Å². The van der Waals surface area contributed by atoms with Crippen molar-refractivity contribution in [3.63, 3.8) is 0 Å². The van der Waals surface area contributed by atoms with E-state index in [0.29, 0.717) is 0 Å². The second kappa shape index (κ2) is 7.71. The van der Waals surface area contributed by atoms with Crippen molar-refractivity contribution in [1.82, 2.24) is 4.72 Å². The summed E-state index contributed by atoms with van der Waals surface area (Å²) in [6.45, 7) is 4.59. The van der Waals surface area contributed by atoms with E-state index in [9.17, 15) is 23.3 Å². The predicted octanol–water partition coefficient (Wildman–Crippen LogP) is 2.18. The molecule has 23 heavy (non-hydrogen) atoms. The van der Waals surface area contributed by atoms with Gasteiger partial charge in [-0.2, -0.15) is 0 Å². The molecule has 0 atom stereocenters. The highest BCUT2D eigenvalue weighted by Gasteiger charge is 2.22. The molecule has 0 amide bonds. The molecule has 0 aliphatic heterocycles. The lowest BCUT2D eigenvalue weighted by molar-refractivity contribution is -0.385. The molecule has 0 aliphatic carbocycles. The van der Waals surface area contributed by atoms with Crippen LogP contribution in [0.1, 0.15) is 25.8 Å². The fraction of sp³-hybridized carbons (Fsp3) is 0.462.